The Morgan fingerprint density at radius 3 is 2.58 bits per heavy atom. The number of carbonyl (C=O) groups excluding carboxylic acids is 2. The molecular weight excluding hydrogens is 411 g/mol. The Morgan fingerprint density at radius 2 is 1.90 bits per heavy atom. The van der Waals surface area contributed by atoms with Gasteiger partial charge in [-0.1, -0.05) is 24.3 Å². The molecule has 0 spiro atoms. The molecule has 2 atom stereocenters. The van der Waals surface area contributed by atoms with Crippen LogP contribution < -0.4 is 10.1 Å². The van der Waals surface area contributed by atoms with E-state index in [0.717, 1.165) is 6.07 Å². The van der Waals surface area contributed by atoms with Crippen LogP contribution in [0.1, 0.15) is 30.4 Å². The van der Waals surface area contributed by atoms with E-state index in [1.807, 2.05) is 0 Å². The quantitative estimate of drug-likeness (QED) is 0.516. The zero-order valence-electron chi connectivity index (χ0n) is 17.0. The summed E-state index contributed by atoms with van der Waals surface area (Å²) >= 11 is 0. The van der Waals surface area contributed by atoms with E-state index in [1.54, 1.807) is 31.2 Å². The molecule has 0 fully saturated rings. The van der Waals surface area contributed by atoms with Gasteiger partial charge in [0.15, 0.2) is 5.78 Å². The van der Waals surface area contributed by atoms with Crippen molar-refractivity contribution in [2.24, 2.45) is 5.92 Å². The van der Waals surface area contributed by atoms with E-state index in [1.165, 1.54) is 31.4 Å². The van der Waals surface area contributed by atoms with Crippen molar-refractivity contribution in [1.82, 2.24) is 0 Å². The molecule has 1 aliphatic rings. The minimum absolute atomic E-state index is 0.112. The van der Waals surface area contributed by atoms with Crippen LogP contribution in [0.15, 0.2) is 60.3 Å². The Labute approximate surface area is 177 Å². The monoisotopic (exact) mass is 433 g/mol. The van der Waals surface area contributed by atoms with Gasteiger partial charge in [0.1, 0.15) is 11.7 Å². The van der Waals surface area contributed by atoms with Gasteiger partial charge in [0.25, 0.3) is 0 Å². The summed E-state index contributed by atoms with van der Waals surface area (Å²) in [6.07, 6.45) is -3.22. The number of methoxy groups -OCH3 is 1. The third kappa shape index (κ3) is 5.07. The molecule has 0 unspecified atom stereocenters. The van der Waals surface area contributed by atoms with E-state index in [0.29, 0.717) is 11.3 Å². The molecule has 0 bridgehead atoms. The molecule has 8 heteroatoms. The molecule has 0 saturated heterocycles. The van der Waals surface area contributed by atoms with Crippen LogP contribution >= 0.6 is 0 Å². The molecule has 164 valence electrons. The zero-order valence-corrected chi connectivity index (χ0v) is 17.0. The van der Waals surface area contributed by atoms with E-state index in [4.69, 9.17) is 9.47 Å². The SMILES string of the molecule is CCOC(=O)[C@H]1C(=O)C=C(Nc2ccccc2C(F)(F)F)C[C@@H]1c1cccc(OC)c1. The highest BCUT2D eigenvalue weighted by Crippen LogP contribution is 2.40. The van der Waals surface area contributed by atoms with Gasteiger partial charge in [-0.25, -0.2) is 0 Å². The Balaban J connectivity index is 1.98. The van der Waals surface area contributed by atoms with Gasteiger partial charge in [-0.2, -0.15) is 13.2 Å². The zero-order chi connectivity index (χ0) is 22.6. The number of carbonyl (C=O) groups is 2. The molecular formula is C23H22F3NO4. The second kappa shape index (κ2) is 9.24. The Morgan fingerprint density at radius 1 is 1.16 bits per heavy atom. The molecule has 0 aliphatic heterocycles. The van der Waals surface area contributed by atoms with Crippen LogP contribution in [0.25, 0.3) is 0 Å². The van der Waals surface area contributed by atoms with Crippen LogP contribution in [0.5, 0.6) is 5.75 Å². The molecule has 5 nitrogen and oxygen atoms in total. The summed E-state index contributed by atoms with van der Waals surface area (Å²) in [6, 6.07) is 11.9. The molecule has 0 aromatic heterocycles. The summed E-state index contributed by atoms with van der Waals surface area (Å²) < 4.78 is 50.4. The molecule has 31 heavy (non-hydrogen) atoms. The number of hydrogen-bond donors (Lipinski definition) is 1. The molecule has 2 aromatic rings. The summed E-state index contributed by atoms with van der Waals surface area (Å²) in [6.45, 7) is 1.75. The van der Waals surface area contributed by atoms with E-state index >= 15 is 0 Å². The number of esters is 1. The second-order valence-corrected chi connectivity index (χ2v) is 7.06. The highest BCUT2D eigenvalue weighted by Gasteiger charge is 2.40. The van der Waals surface area contributed by atoms with Gasteiger partial charge in [-0.3, -0.25) is 9.59 Å². The van der Waals surface area contributed by atoms with Crippen molar-refractivity contribution < 1.29 is 32.2 Å². The number of rotatable bonds is 6. The number of allylic oxidation sites excluding steroid dienone is 2. The molecule has 0 heterocycles. The first-order chi connectivity index (χ1) is 14.7. The van der Waals surface area contributed by atoms with Crippen LogP contribution in [0, 0.1) is 5.92 Å². The number of anilines is 1. The number of ketones is 1. The minimum atomic E-state index is -4.55. The number of benzene rings is 2. The lowest BCUT2D eigenvalue weighted by atomic mass is 9.76. The Bertz CT molecular complexity index is 1000. The highest BCUT2D eigenvalue weighted by atomic mass is 19.4. The van der Waals surface area contributed by atoms with Crippen LogP contribution in [0.3, 0.4) is 0 Å². The Hall–Kier alpha value is -3.29. The van der Waals surface area contributed by atoms with Crippen molar-refractivity contribution in [3.63, 3.8) is 0 Å². The van der Waals surface area contributed by atoms with Crippen molar-refractivity contribution in [1.29, 1.82) is 0 Å². The average molecular weight is 433 g/mol. The first-order valence-electron chi connectivity index (χ1n) is 9.72. The topological polar surface area (TPSA) is 64.6 Å². The number of ether oxygens (including phenoxy) is 2. The smallest absolute Gasteiger partial charge is 0.418 e. The standard InChI is InChI=1S/C23H22F3NO4/c1-3-31-22(29)21-17(14-7-6-8-16(11-14)30-2)12-15(13-20(21)28)27-19-10-5-4-9-18(19)23(24,25)26/h4-11,13,17,21,27H,3,12H2,1-2H3/t17-,21-/m1/s1. The van der Waals surface area contributed by atoms with Crippen LogP contribution in [0.2, 0.25) is 0 Å². The molecule has 0 amide bonds. The largest absolute Gasteiger partial charge is 0.497 e. The van der Waals surface area contributed by atoms with Crippen molar-refractivity contribution in [2.45, 2.75) is 25.4 Å². The number of alkyl halides is 3. The lowest BCUT2D eigenvalue weighted by Crippen LogP contribution is -2.35. The normalized spacial score (nSPS) is 18.9. The second-order valence-electron chi connectivity index (χ2n) is 7.06. The predicted octanol–water partition coefficient (Wildman–Crippen LogP) is 4.95. The maximum atomic E-state index is 13.4. The van der Waals surface area contributed by atoms with Crippen LogP contribution in [0.4, 0.5) is 18.9 Å². The van der Waals surface area contributed by atoms with Gasteiger partial charge in [-0.15, -0.1) is 0 Å². The molecule has 1 aliphatic carbocycles. The van der Waals surface area contributed by atoms with E-state index in [-0.39, 0.29) is 24.4 Å². The van der Waals surface area contributed by atoms with Crippen molar-refractivity contribution in [3.8, 4) is 5.75 Å². The summed E-state index contributed by atoms with van der Waals surface area (Å²) in [5, 5.41) is 2.74. The lowest BCUT2D eigenvalue weighted by Gasteiger charge is -2.30. The maximum absolute atomic E-state index is 13.4. The maximum Gasteiger partial charge on any atom is 0.418 e. The third-order valence-corrected chi connectivity index (χ3v) is 5.06. The minimum Gasteiger partial charge on any atom is -0.497 e. The highest BCUT2D eigenvalue weighted by molar-refractivity contribution is 6.07. The van der Waals surface area contributed by atoms with E-state index in [9.17, 15) is 22.8 Å². The fourth-order valence-electron chi connectivity index (χ4n) is 3.67. The predicted molar refractivity (Wildman–Crippen MR) is 109 cm³/mol. The van der Waals surface area contributed by atoms with Gasteiger partial charge in [-0.05, 0) is 43.2 Å². The first-order valence-corrected chi connectivity index (χ1v) is 9.72. The van der Waals surface area contributed by atoms with Gasteiger partial charge in [0.05, 0.1) is 25.0 Å². The number of nitrogens with one attached hydrogen (secondary N) is 1. The van der Waals surface area contributed by atoms with Gasteiger partial charge < -0.3 is 14.8 Å². The van der Waals surface area contributed by atoms with Crippen molar-refractivity contribution >= 4 is 17.4 Å². The molecule has 2 aromatic carbocycles. The van der Waals surface area contributed by atoms with Crippen molar-refractivity contribution in [3.05, 3.63) is 71.4 Å². The molecule has 0 saturated carbocycles. The van der Waals surface area contributed by atoms with Crippen LogP contribution in [-0.4, -0.2) is 25.5 Å². The fraction of sp³-hybridized carbons (Fsp3) is 0.304. The summed E-state index contributed by atoms with van der Waals surface area (Å²) in [5.41, 5.74) is -0.0563. The van der Waals surface area contributed by atoms with Crippen molar-refractivity contribution in [2.75, 3.05) is 19.0 Å². The molecule has 3 rings (SSSR count). The summed E-state index contributed by atoms with van der Waals surface area (Å²) in [5.74, 6) is -2.35. The number of para-hydroxylation sites is 1. The van der Waals surface area contributed by atoms with Gasteiger partial charge >= 0.3 is 12.1 Å². The number of hydrogen-bond acceptors (Lipinski definition) is 5. The molecule has 1 N–H and O–H groups in total. The fourth-order valence-corrected chi connectivity index (χ4v) is 3.67. The van der Waals surface area contributed by atoms with Gasteiger partial charge in [0, 0.05) is 17.7 Å². The summed E-state index contributed by atoms with van der Waals surface area (Å²) in [4.78, 5) is 25.4. The lowest BCUT2D eigenvalue weighted by molar-refractivity contribution is -0.151. The molecule has 0 radical (unpaired) electrons. The summed E-state index contributed by atoms with van der Waals surface area (Å²) in [7, 11) is 1.49. The first kappa shape index (κ1) is 22.4. The van der Waals surface area contributed by atoms with Crippen LogP contribution in [-0.2, 0) is 20.5 Å². The van der Waals surface area contributed by atoms with E-state index in [2.05, 4.69) is 5.32 Å². The third-order valence-electron chi connectivity index (χ3n) is 5.06. The van der Waals surface area contributed by atoms with Gasteiger partial charge in [0.2, 0.25) is 0 Å². The average Bonchev–Trinajstić information content (AvgIpc) is 2.73. The Kier molecular flexibility index (Phi) is 6.68. The van der Waals surface area contributed by atoms with E-state index < -0.39 is 35.3 Å². The number of halogens is 3.